The molecule has 0 spiro atoms. The minimum absolute atomic E-state index is 0.00691. The molecular formula is C17H18N2O3S. The lowest BCUT2D eigenvalue weighted by molar-refractivity contribution is -0.109. The maximum absolute atomic E-state index is 12.5. The fourth-order valence-electron chi connectivity index (χ4n) is 2.69. The molecule has 1 atom stereocenters. The minimum Gasteiger partial charge on any atom is -0.376 e. The van der Waals surface area contributed by atoms with Crippen LogP contribution in [0.4, 0.5) is 0 Å². The molecule has 6 heteroatoms. The monoisotopic (exact) mass is 330 g/mol. The number of ether oxygens (including phenoxy) is 1. The Labute approximate surface area is 138 Å². The molecule has 2 heterocycles. The summed E-state index contributed by atoms with van der Waals surface area (Å²) in [6, 6.07) is 7.18. The zero-order valence-electron chi connectivity index (χ0n) is 12.9. The van der Waals surface area contributed by atoms with Crippen LogP contribution in [0.1, 0.15) is 30.1 Å². The number of nitrogens with zero attached hydrogens (tertiary/aromatic N) is 1. The lowest BCUT2D eigenvalue weighted by Gasteiger charge is -2.13. The topological polar surface area (TPSA) is 68.3 Å². The summed E-state index contributed by atoms with van der Waals surface area (Å²) in [5, 5.41) is 3.67. The third-order valence-electron chi connectivity index (χ3n) is 3.75. The number of thioether (sulfide) groups is 1. The van der Waals surface area contributed by atoms with E-state index in [4.69, 9.17) is 4.74 Å². The number of nitrogens with one attached hydrogen (secondary N) is 1. The van der Waals surface area contributed by atoms with Gasteiger partial charge in [0.05, 0.1) is 11.6 Å². The van der Waals surface area contributed by atoms with Gasteiger partial charge in [-0.25, -0.2) is 0 Å². The molecule has 2 aromatic rings. The average molecular weight is 330 g/mol. The minimum atomic E-state index is -0.141. The fraction of sp³-hybridized carbons (Fsp3) is 0.353. The van der Waals surface area contributed by atoms with Crippen LogP contribution in [0.3, 0.4) is 0 Å². The van der Waals surface area contributed by atoms with Crippen molar-refractivity contribution >= 4 is 33.7 Å². The number of amides is 1. The van der Waals surface area contributed by atoms with E-state index in [1.807, 2.05) is 6.07 Å². The van der Waals surface area contributed by atoms with Crippen LogP contribution in [0.25, 0.3) is 10.9 Å². The van der Waals surface area contributed by atoms with Gasteiger partial charge in [0.1, 0.15) is 0 Å². The summed E-state index contributed by atoms with van der Waals surface area (Å²) in [5.74, 6) is -0.141. The number of hydrogen-bond donors (Lipinski definition) is 1. The fourth-order valence-corrected chi connectivity index (χ4v) is 3.39. The second-order valence-corrected chi connectivity index (χ2v) is 6.67. The summed E-state index contributed by atoms with van der Waals surface area (Å²) >= 11 is 1.13. The number of fused-ring (bicyclic) bond motifs is 1. The number of carbonyl (C=O) groups excluding carboxylic acids is 2. The van der Waals surface area contributed by atoms with Crippen molar-refractivity contribution in [3.8, 4) is 0 Å². The van der Waals surface area contributed by atoms with Gasteiger partial charge in [0.15, 0.2) is 5.12 Å². The van der Waals surface area contributed by atoms with Crippen molar-refractivity contribution < 1.29 is 14.3 Å². The first-order valence-electron chi connectivity index (χ1n) is 7.61. The number of benzene rings is 1. The predicted molar refractivity (Wildman–Crippen MR) is 89.6 cm³/mol. The van der Waals surface area contributed by atoms with Crippen molar-refractivity contribution in [2.45, 2.75) is 30.8 Å². The van der Waals surface area contributed by atoms with Gasteiger partial charge in [-0.05, 0) is 42.8 Å². The molecule has 1 fully saturated rings. The highest BCUT2D eigenvalue weighted by atomic mass is 32.2. The van der Waals surface area contributed by atoms with Crippen molar-refractivity contribution in [1.29, 1.82) is 0 Å². The highest BCUT2D eigenvalue weighted by molar-refractivity contribution is 8.13. The van der Waals surface area contributed by atoms with Gasteiger partial charge in [-0.3, -0.25) is 14.6 Å². The maximum Gasteiger partial charge on any atom is 0.252 e. The number of carbonyl (C=O) groups is 2. The quantitative estimate of drug-likeness (QED) is 0.873. The number of aromatic nitrogens is 1. The average Bonchev–Trinajstić information content (AvgIpc) is 3.06. The predicted octanol–water partition coefficient (Wildman–Crippen LogP) is 2.78. The SMILES string of the molecule is CC(=O)Sc1ccc(C(=O)NCC2CCCO2)c2cccnc12. The van der Waals surface area contributed by atoms with E-state index in [0.717, 1.165) is 41.5 Å². The first kappa shape index (κ1) is 16.0. The van der Waals surface area contributed by atoms with E-state index >= 15 is 0 Å². The molecule has 1 amide bonds. The van der Waals surface area contributed by atoms with Crippen LogP contribution in [0.5, 0.6) is 0 Å². The standard InChI is InChI=1S/C17H18N2O3S/c1-11(20)23-15-7-6-14(13-5-2-8-18-16(13)15)17(21)19-10-12-4-3-9-22-12/h2,5-8,12H,3-4,9-10H2,1H3,(H,19,21). The Morgan fingerprint density at radius 1 is 1.39 bits per heavy atom. The molecule has 0 aliphatic carbocycles. The van der Waals surface area contributed by atoms with E-state index in [0.29, 0.717) is 17.6 Å². The van der Waals surface area contributed by atoms with E-state index < -0.39 is 0 Å². The Bertz CT molecular complexity index is 742. The second-order valence-electron chi connectivity index (χ2n) is 5.45. The van der Waals surface area contributed by atoms with Crippen molar-refractivity contribution in [2.24, 2.45) is 0 Å². The number of pyridine rings is 1. The van der Waals surface area contributed by atoms with Crippen molar-refractivity contribution in [3.05, 3.63) is 36.0 Å². The van der Waals surface area contributed by atoms with Crippen molar-refractivity contribution in [1.82, 2.24) is 10.3 Å². The normalized spacial score (nSPS) is 17.3. The molecule has 1 N–H and O–H groups in total. The summed E-state index contributed by atoms with van der Waals surface area (Å²) in [6.07, 6.45) is 3.80. The van der Waals surface area contributed by atoms with Crippen LogP contribution in [0.15, 0.2) is 35.4 Å². The summed E-state index contributed by atoms with van der Waals surface area (Å²) < 4.78 is 5.52. The van der Waals surface area contributed by atoms with Gasteiger partial charge < -0.3 is 10.1 Å². The van der Waals surface area contributed by atoms with Gasteiger partial charge >= 0.3 is 0 Å². The lowest BCUT2D eigenvalue weighted by atomic mass is 10.1. The zero-order chi connectivity index (χ0) is 16.2. The van der Waals surface area contributed by atoms with Gasteiger partial charge in [0.25, 0.3) is 5.91 Å². The summed E-state index contributed by atoms with van der Waals surface area (Å²) in [5.41, 5.74) is 1.25. The molecule has 5 nitrogen and oxygen atoms in total. The second kappa shape index (κ2) is 7.10. The van der Waals surface area contributed by atoms with E-state index in [1.54, 1.807) is 24.4 Å². The van der Waals surface area contributed by atoms with Crippen LogP contribution in [-0.4, -0.2) is 35.3 Å². The number of rotatable bonds is 4. The van der Waals surface area contributed by atoms with Crippen LogP contribution < -0.4 is 5.32 Å². The molecule has 3 rings (SSSR count). The largest absolute Gasteiger partial charge is 0.376 e. The first-order valence-corrected chi connectivity index (χ1v) is 8.43. The van der Waals surface area contributed by atoms with Gasteiger partial charge in [0.2, 0.25) is 0 Å². The molecule has 1 unspecified atom stereocenters. The molecular weight excluding hydrogens is 312 g/mol. The van der Waals surface area contributed by atoms with Gasteiger partial charge in [-0.2, -0.15) is 0 Å². The Hall–Kier alpha value is -1.92. The summed E-state index contributed by atoms with van der Waals surface area (Å²) in [4.78, 5) is 29.0. The molecule has 1 aliphatic heterocycles. The van der Waals surface area contributed by atoms with E-state index in [-0.39, 0.29) is 17.1 Å². The third kappa shape index (κ3) is 3.71. The molecule has 1 aliphatic rings. The molecule has 120 valence electrons. The molecule has 1 aromatic heterocycles. The van der Waals surface area contributed by atoms with E-state index in [1.165, 1.54) is 6.92 Å². The molecule has 1 saturated heterocycles. The zero-order valence-corrected chi connectivity index (χ0v) is 13.7. The third-order valence-corrected chi connectivity index (χ3v) is 4.58. The van der Waals surface area contributed by atoms with E-state index in [2.05, 4.69) is 10.3 Å². The van der Waals surface area contributed by atoms with Crippen LogP contribution >= 0.6 is 11.8 Å². The highest BCUT2D eigenvalue weighted by Crippen LogP contribution is 2.29. The van der Waals surface area contributed by atoms with Crippen molar-refractivity contribution in [3.63, 3.8) is 0 Å². The summed E-state index contributed by atoms with van der Waals surface area (Å²) in [7, 11) is 0. The Morgan fingerprint density at radius 2 is 2.26 bits per heavy atom. The molecule has 1 aromatic carbocycles. The van der Waals surface area contributed by atoms with E-state index in [9.17, 15) is 9.59 Å². The molecule has 0 radical (unpaired) electrons. The lowest BCUT2D eigenvalue weighted by Crippen LogP contribution is -2.31. The first-order chi connectivity index (χ1) is 11.1. The smallest absolute Gasteiger partial charge is 0.252 e. The van der Waals surface area contributed by atoms with Crippen LogP contribution in [0.2, 0.25) is 0 Å². The Morgan fingerprint density at radius 3 is 3.00 bits per heavy atom. The van der Waals surface area contributed by atoms with Crippen molar-refractivity contribution in [2.75, 3.05) is 13.2 Å². The Balaban J connectivity index is 1.85. The van der Waals surface area contributed by atoms with Crippen LogP contribution in [-0.2, 0) is 9.53 Å². The van der Waals surface area contributed by atoms with Crippen LogP contribution in [0, 0.1) is 0 Å². The number of hydrogen-bond acceptors (Lipinski definition) is 5. The molecule has 0 bridgehead atoms. The molecule has 0 saturated carbocycles. The molecule has 23 heavy (non-hydrogen) atoms. The van der Waals surface area contributed by atoms with Gasteiger partial charge in [-0.15, -0.1) is 0 Å². The Kier molecular flexibility index (Phi) is 4.93. The van der Waals surface area contributed by atoms with Gasteiger partial charge in [-0.1, -0.05) is 6.07 Å². The maximum atomic E-state index is 12.5. The highest BCUT2D eigenvalue weighted by Gasteiger charge is 2.18. The summed E-state index contributed by atoms with van der Waals surface area (Å²) in [6.45, 7) is 2.80. The van der Waals surface area contributed by atoms with Gasteiger partial charge in [0, 0.05) is 42.1 Å².